The zero-order valence-corrected chi connectivity index (χ0v) is 23.4. The number of nitrogens with two attached hydrogens (primary N) is 2. The molecule has 38 heavy (non-hydrogen) atoms. The van der Waals surface area contributed by atoms with E-state index in [-0.39, 0.29) is 31.0 Å². The number of carbonyl (C=O) groups excluding carboxylic acids is 2. The van der Waals surface area contributed by atoms with E-state index in [9.17, 15) is 14.4 Å². The van der Waals surface area contributed by atoms with Crippen molar-refractivity contribution in [3.05, 3.63) is 0 Å². The molecule has 0 fully saturated rings. The van der Waals surface area contributed by atoms with Crippen LogP contribution in [0.3, 0.4) is 0 Å². The predicted octanol–water partition coefficient (Wildman–Crippen LogP) is -1.41. The number of amides is 1. The molecule has 0 heterocycles. The Balaban J connectivity index is 3.74. The summed E-state index contributed by atoms with van der Waals surface area (Å²) in [4.78, 5) is 35.2. The predicted molar refractivity (Wildman–Crippen MR) is 146 cm³/mol. The Morgan fingerprint density at radius 2 is 1.34 bits per heavy atom. The number of ether oxygens (including phenoxy) is 3. The third kappa shape index (κ3) is 22.3. The van der Waals surface area contributed by atoms with Crippen LogP contribution in [-0.4, -0.2) is 120 Å². The molecule has 0 aromatic rings. The van der Waals surface area contributed by atoms with Gasteiger partial charge in [0.15, 0.2) is 5.78 Å². The summed E-state index contributed by atoms with van der Waals surface area (Å²) in [6.07, 6.45) is 2.29. The Kier molecular flexibility index (Phi) is 23.2. The maximum atomic E-state index is 12.7. The molecule has 0 saturated heterocycles. The van der Waals surface area contributed by atoms with Crippen LogP contribution in [0.25, 0.3) is 0 Å². The number of carboxylic acids is 1. The van der Waals surface area contributed by atoms with Gasteiger partial charge in [0, 0.05) is 32.6 Å². The van der Waals surface area contributed by atoms with Crippen LogP contribution < -0.4 is 32.7 Å². The average Bonchev–Trinajstić information content (AvgIpc) is 2.88. The summed E-state index contributed by atoms with van der Waals surface area (Å²) in [5.74, 6) is -1.07. The molecule has 0 aromatic carbocycles. The van der Waals surface area contributed by atoms with Gasteiger partial charge in [-0.1, -0.05) is 0 Å². The summed E-state index contributed by atoms with van der Waals surface area (Å²) in [6, 6.07) is -0.732. The number of hydrogen-bond donors (Lipinski definition) is 7. The van der Waals surface area contributed by atoms with Gasteiger partial charge >= 0.3 is 5.97 Å². The summed E-state index contributed by atoms with van der Waals surface area (Å²) in [5.41, 5.74) is 10.6. The molecule has 0 bridgehead atoms. The van der Waals surface area contributed by atoms with E-state index in [2.05, 4.69) is 21.3 Å². The Bertz CT molecular complexity index is 625. The highest BCUT2D eigenvalue weighted by atomic mass is 16.5. The van der Waals surface area contributed by atoms with Gasteiger partial charge in [-0.15, -0.1) is 0 Å². The van der Waals surface area contributed by atoms with Gasteiger partial charge in [0.25, 0.3) is 0 Å². The van der Waals surface area contributed by atoms with Crippen molar-refractivity contribution in [2.24, 2.45) is 11.5 Å². The SMILES string of the molecule is CC(C)(NCCOCCOCCOCCN)C(=O)C(N)CCC(=O)NCCCNCCCNCCC(=O)O. The lowest BCUT2D eigenvalue weighted by atomic mass is 9.91. The second kappa shape index (κ2) is 24.3. The van der Waals surface area contributed by atoms with E-state index in [0.29, 0.717) is 65.8 Å². The zero-order chi connectivity index (χ0) is 28.5. The molecule has 13 nitrogen and oxygen atoms in total. The van der Waals surface area contributed by atoms with E-state index in [0.717, 1.165) is 32.5 Å². The Morgan fingerprint density at radius 3 is 1.95 bits per heavy atom. The van der Waals surface area contributed by atoms with Crippen molar-refractivity contribution >= 4 is 17.7 Å². The first-order chi connectivity index (χ1) is 18.2. The highest BCUT2D eigenvalue weighted by Crippen LogP contribution is 2.09. The van der Waals surface area contributed by atoms with Crippen molar-refractivity contribution < 1.29 is 33.7 Å². The lowest BCUT2D eigenvalue weighted by Gasteiger charge is -2.28. The maximum Gasteiger partial charge on any atom is 0.304 e. The van der Waals surface area contributed by atoms with Crippen LogP contribution >= 0.6 is 0 Å². The second-order valence-electron chi connectivity index (χ2n) is 9.39. The highest BCUT2D eigenvalue weighted by Gasteiger charge is 2.31. The molecule has 0 rings (SSSR count). The van der Waals surface area contributed by atoms with Gasteiger partial charge in [0.2, 0.25) is 5.91 Å². The number of carbonyl (C=O) groups is 3. The largest absolute Gasteiger partial charge is 0.481 e. The van der Waals surface area contributed by atoms with Gasteiger partial charge in [0.05, 0.1) is 57.6 Å². The van der Waals surface area contributed by atoms with Crippen molar-refractivity contribution in [1.29, 1.82) is 0 Å². The van der Waals surface area contributed by atoms with Gasteiger partial charge in [-0.25, -0.2) is 0 Å². The molecule has 9 N–H and O–H groups in total. The van der Waals surface area contributed by atoms with Crippen LogP contribution in [0.15, 0.2) is 0 Å². The van der Waals surface area contributed by atoms with Crippen LogP contribution in [0.2, 0.25) is 0 Å². The zero-order valence-electron chi connectivity index (χ0n) is 23.4. The number of rotatable bonds is 28. The molecule has 1 amide bonds. The number of Topliss-reactive ketones (excluding diaryl/α,β-unsaturated/α-hetero) is 1. The van der Waals surface area contributed by atoms with E-state index in [1.165, 1.54) is 0 Å². The number of nitrogens with one attached hydrogen (secondary N) is 4. The van der Waals surface area contributed by atoms with E-state index >= 15 is 0 Å². The fraction of sp³-hybridized carbons (Fsp3) is 0.880. The normalized spacial score (nSPS) is 12.4. The van der Waals surface area contributed by atoms with Gasteiger partial charge in [0.1, 0.15) is 0 Å². The van der Waals surface area contributed by atoms with Crippen molar-refractivity contribution in [2.45, 2.75) is 57.5 Å². The van der Waals surface area contributed by atoms with E-state index in [1.54, 1.807) is 13.8 Å². The smallest absolute Gasteiger partial charge is 0.304 e. The van der Waals surface area contributed by atoms with Crippen LogP contribution in [0.1, 0.15) is 46.0 Å². The minimum Gasteiger partial charge on any atom is -0.481 e. The molecule has 1 unspecified atom stereocenters. The molecule has 13 heteroatoms. The molecular weight excluding hydrogens is 496 g/mol. The van der Waals surface area contributed by atoms with Crippen LogP contribution in [0.5, 0.6) is 0 Å². The highest BCUT2D eigenvalue weighted by molar-refractivity contribution is 5.92. The first-order valence-corrected chi connectivity index (χ1v) is 13.6. The molecule has 0 aliphatic carbocycles. The molecule has 0 radical (unpaired) electrons. The number of ketones is 1. The van der Waals surface area contributed by atoms with E-state index in [1.807, 2.05) is 0 Å². The summed E-state index contributed by atoms with van der Waals surface area (Å²) in [7, 11) is 0. The number of aliphatic carboxylic acids is 1. The summed E-state index contributed by atoms with van der Waals surface area (Å²) in [5, 5.41) is 20.9. The van der Waals surface area contributed by atoms with Gasteiger partial charge < -0.3 is 52.1 Å². The van der Waals surface area contributed by atoms with Crippen molar-refractivity contribution in [1.82, 2.24) is 21.3 Å². The first-order valence-electron chi connectivity index (χ1n) is 13.6. The first kappa shape index (κ1) is 36.3. The fourth-order valence-electron chi connectivity index (χ4n) is 3.34. The Hall–Kier alpha value is -1.71. The van der Waals surface area contributed by atoms with Crippen molar-refractivity contribution in [3.8, 4) is 0 Å². The van der Waals surface area contributed by atoms with Crippen molar-refractivity contribution in [2.75, 3.05) is 85.5 Å². The van der Waals surface area contributed by atoms with Crippen LogP contribution in [0.4, 0.5) is 0 Å². The van der Waals surface area contributed by atoms with Gasteiger partial charge in [-0.2, -0.15) is 0 Å². The summed E-state index contributed by atoms with van der Waals surface area (Å²) < 4.78 is 16.1. The summed E-state index contributed by atoms with van der Waals surface area (Å²) in [6.45, 7) is 10.8. The second-order valence-corrected chi connectivity index (χ2v) is 9.39. The lowest BCUT2D eigenvalue weighted by molar-refractivity contribution is -0.137. The standard InChI is InChI=1S/C25H52N6O7/c1-25(2,31-14-16-37-18-20-38-19-17-36-15-8-26)24(35)21(27)5-6-22(32)30-12-4-11-28-9-3-10-29-13-7-23(33)34/h21,28-29,31H,3-20,26-27H2,1-2H3,(H,30,32)(H,33,34). The number of hydrogen-bond acceptors (Lipinski definition) is 11. The van der Waals surface area contributed by atoms with Crippen LogP contribution in [0, 0.1) is 0 Å². The lowest BCUT2D eigenvalue weighted by Crippen LogP contribution is -2.54. The van der Waals surface area contributed by atoms with Gasteiger partial charge in [-0.05, 0) is 52.7 Å². The third-order valence-electron chi connectivity index (χ3n) is 5.53. The monoisotopic (exact) mass is 548 g/mol. The summed E-state index contributed by atoms with van der Waals surface area (Å²) >= 11 is 0. The average molecular weight is 549 g/mol. The molecule has 0 aliphatic rings. The minimum absolute atomic E-state index is 0.122. The molecular formula is C25H52N6O7. The Morgan fingerprint density at radius 1 is 0.789 bits per heavy atom. The van der Waals surface area contributed by atoms with E-state index < -0.39 is 17.6 Å². The Labute approximate surface area is 227 Å². The van der Waals surface area contributed by atoms with Crippen LogP contribution in [-0.2, 0) is 28.6 Å². The molecule has 0 aliphatic heterocycles. The topological polar surface area (TPSA) is 199 Å². The molecule has 0 saturated carbocycles. The quantitative estimate of drug-likeness (QED) is 0.0564. The van der Waals surface area contributed by atoms with Gasteiger partial charge in [-0.3, -0.25) is 14.4 Å². The molecule has 0 aromatic heterocycles. The molecule has 224 valence electrons. The molecule has 0 spiro atoms. The van der Waals surface area contributed by atoms with Crippen molar-refractivity contribution in [3.63, 3.8) is 0 Å². The third-order valence-corrected chi connectivity index (χ3v) is 5.53. The minimum atomic E-state index is -0.826. The fourth-order valence-corrected chi connectivity index (χ4v) is 3.34. The molecule has 1 atom stereocenters. The number of carboxylic acid groups (broad SMARTS) is 1. The van der Waals surface area contributed by atoms with E-state index in [4.69, 9.17) is 30.8 Å². The maximum absolute atomic E-state index is 12.7.